The molecule has 4 rings (SSSR count). The Morgan fingerprint density at radius 1 is 1.04 bits per heavy atom. The van der Waals surface area contributed by atoms with E-state index in [0.29, 0.717) is 12.2 Å². The number of pyridine rings is 2. The van der Waals surface area contributed by atoms with Crippen molar-refractivity contribution in [1.82, 2.24) is 24.8 Å². The van der Waals surface area contributed by atoms with Crippen LogP contribution in [0.3, 0.4) is 0 Å². The molecule has 1 fully saturated rings. The van der Waals surface area contributed by atoms with Gasteiger partial charge in [-0.05, 0) is 42.7 Å². The van der Waals surface area contributed by atoms with Gasteiger partial charge in [-0.15, -0.1) is 0 Å². The van der Waals surface area contributed by atoms with Gasteiger partial charge in [-0.1, -0.05) is 6.07 Å². The lowest BCUT2D eigenvalue weighted by atomic mass is 9.90. The Morgan fingerprint density at radius 2 is 1.92 bits per heavy atom. The number of rotatable bonds is 3. The number of carbonyl (C=O) groups excluding carboxylic acids is 1. The summed E-state index contributed by atoms with van der Waals surface area (Å²) in [5.74, 6) is 0.164. The van der Waals surface area contributed by atoms with Crippen molar-refractivity contribution in [2.75, 3.05) is 13.1 Å². The fourth-order valence-electron chi connectivity index (χ4n) is 3.45. The summed E-state index contributed by atoms with van der Waals surface area (Å²) < 4.78 is 0. The largest absolute Gasteiger partial charge is 0.337 e. The molecule has 0 radical (unpaired) electrons. The molecule has 0 N–H and O–H groups in total. The number of amides is 1. The molecule has 1 aliphatic heterocycles. The van der Waals surface area contributed by atoms with Crippen molar-refractivity contribution < 1.29 is 4.79 Å². The molecule has 3 aromatic heterocycles. The third kappa shape index (κ3) is 3.31. The summed E-state index contributed by atoms with van der Waals surface area (Å²) in [6.45, 7) is 1.39. The summed E-state index contributed by atoms with van der Waals surface area (Å²) >= 11 is 0. The fraction of sp³-hybridized carbons (Fsp3) is 0.250. The Labute approximate surface area is 152 Å². The molecule has 0 saturated carbocycles. The molecule has 6 heteroatoms. The highest BCUT2D eigenvalue weighted by atomic mass is 16.2. The maximum Gasteiger partial charge on any atom is 0.272 e. The van der Waals surface area contributed by atoms with E-state index in [1.54, 1.807) is 31.0 Å². The number of piperidine rings is 1. The van der Waals surface area contributed by atoms with Crippen LogP contribution in [0, 0.1) is 0 Å². The molecule has 0 spiro atoms. The van der Waals surface area contributed by atoms with Crippen LogP contribution in [0.5, 0.6) is 0 Å². The summed E-state index contributed by atoms with van der Waals surface area (Å²) in [5, 5.41) is 0. The number of hydrogen-bond donors (Lipinski definition) is 0. The first-order valence-electron chi connectivity index (χ1n) is 8.73. The maximum absolute atomic E-state index is 12.8. The van der Waals surface area contributed by atoms with Crippen molar-refractivity contribution in [1.29, 1.82) is 0 Å². The average molecular weight is 345 g/mol. The summed E-state index contributed by atoms with van der Waals surface area (Å²) in [5.41, 5.74) is 3.53. The molecule has 130 valence electrons. The maximum atomic E-state index is 12.8. The lowest BCUT2D eigenvalue weighted by molar-refractivity contribution is 0.0700. The lowest BCUT2D eigenvalue weighted by Gasteiger charge is -2.33. The smallest absolute Gasteiger partial charge is 0.272 e. The molecule has 1 saturated heterocycles. The van der Waals surface area contributed by atoms with Gasteiger partial charge in [-0.2, -0.15) is 0 Å². The predicted molar refractivity (Wildman–Crippen MR) is 97.4 cm³/mol. The monoisotopic (exact) mass is 345 g/mol. The van der Waals surface area contributed by atoms with Gasteiger partial charge >= 0.3 is 0 Å². The first-order chi connectivity index (χ1) is 12.8. The second kappa shape index (κ2) is 7.39. The number of aromatic nitrogens is 4. The molecular formula is C20H19N5O. The van der Waals surface area contributed by atoms with E-state index in [2.05, 4.69) is 19.9 Å². The highest BCUT2D eigenvalue weighted by Gasteiger charge is 2.28. The topological polar surface area (TPSA) is 71.9 Å². The summed E-state index contributed by atoms with van der Waals surface area (Å²) in [7, 11) is 0. The van der Waals surface area contributed by atoms with E-state index in [1.807, 2.05) is 35.4 Å². The molecule has 1 aliphatic rings. The van der Waals surface area contributed by atoms with Crippen LogP contribution >= 0.6 is 0 Å². The Kier molecular flexibility index (Phi) is 4.64. The minimum absolute atomic E-state index is 0.0187. The third-order valence-electron chi connectivity index (χ3n) is 4.71. The molecule has 6 nitrogen and oxygen atoms in total. The van der Waals surface area contributed by atoms with E-state index >= 15 is 0 Å². The van der Waals surface area contributed by atoms with Gasteiger partial charge in [0.05, 0.1) is 5.69 Å². The van der Waals surface area contributed by atoms with Crippen LogP contribution < -0.4 is 0 Å². The van der Waals surface area contributed by atoms with Crippen molar-refractivity contribution in [2.24, 2.45) is 0 Å². The molecule has 4 heterocycles. The van der Waals surface area contributed by atoms with Crippen LogP contribution in [0.25, 0.3) is 11.1 Å². The molecule has 1 amide bonds. The first kappa shape index (κ1) is 16.3. The van der Waals surface area contributed by atoms with Crippen LogP contribution in [0.15, 0.2) is 61.4 Å². The summed E-state index contributed by atoms with van der Waals surface area (Å²) in [6, 6.07) is 9.34. The van der Waals surface area contributed by atoms with Crippen molar-refractivity contribution in [3.63, 3.8) is 0 Å². The Hall–Kier alpha value is -3.15. The number of likely N-dealkylation sites (tertiary alicyclic amines) is 1. The van der Waals surface area contributed by atoms with Gasteiger partial charge in [0.25, 0.3) is 5.91 Å². The van der Waals surface area contributed by atoms with Gasteiger partial charge in [-0.3, -0.25) is 14.8 Å². The predicted octanol–water partition coefficient (Wildman–Crippen LogP) is 2.95. The van der Waals surface area contributed by atoms with Gasteiger partial charge in [0.2, 0.25) is 0 Å². The van der Waals surface area contributed by atoms with Gasteiger partial charge in [0.15, 0.2) is 0 Å². The van der Waals surface area contributed by atoms with Crippen molar-refractivity contribution in [3.8, 4) is 11.1 Å². The summed E-state index contributed by atoms with van der Waals surface area (Å²) in [6.07, 6.45) is 10.6. The minimum Gasteiger partial charge on any atom is -0.337 e. The molecule has 0 unspecified atom stereocenters. The molecule has 0 bridgehead atoms. The summed E-state index contributed by atoms with van der Waals surface area (Å²) in [4.78, 5) is 31.7. The van der Waals surface area contributed by atoms with Gasteiger partial charge < -0.3 is 4.90 Å². The van der Waals surface area contributed by atoms with Crippen LogP contribution in [-0.2, 0) is 0 Å². The average Bonchev–Trinajstić information content (AvgIpc) is 2.74. The van der Waals surface area contributed by atoms with Gasteiger partial charge in [0.1, 0.15) is 12.0 Å². The van der Waals surface area contributed by atoms with Crippen LogP contribution in [-0.4, -0.2) is 43.8 Å². The first-order valence-corrected chi connectivity index (χ1v) is 8.73. The zero-order valence-corrected chi connectivity index (χ0v) is 14.3. The van der Waals surface area contributed by atoms with E-state index in [9.17, 15) is 4.79 Å². The molecule has 1 atom stereocenters. The van der Waals surface area contributed by atoms with E-state index in [-0.39, 0.29) is 11.8 Å². The molecule has 0 aromatic carbocycles. The van der Waals surface area contributed by atoms with Crippen molar-refractivity contribution in [2.45, 2.75) is 18.8 Å². The Balaban J connectivity index is 1.60. The van der Waals surface area contributed by atoms with E-state index in [0.717, 1.165) is 36.2 Å². The minimum atomic E-state index is -0.0187. The molecular weight excluding hydrogens is 326 g/mol. The van der Waals surface area contributed by atoms with Crippen LogP contribution in [0.1, 0.15) is 34.9 Å². The molecule has 0 aliphatic carbocycles. The number of nitrogens with zero attached hydrogens (tertiary/aromatic N) is 5. The third-order valence-corrected chi connectivity index (χ3v) is 4.71. The second-order valence-corrected chi connectivity index (χ2v) is 6.36. The van der Waals surface area contributed by atoms with E-state index in [4.69, 9.17) is 0 Å². The zero-order chi connectivity index (χ0) is 17.8. The molecule has 3 aromatic rings. The normalized spacial score (nSPS) is 17.1. The van der Waals surface area contributed by atoms with E-state index < -0.39 is 0 Å². The number of carbonyl (C=O) groups is 1. The second-order valence-electron chi connectivity index (χ2n) is 6.36. The van der Waals surface area contributed by atoms with Crippen molar-refractivity contribution >= 4 is 5.91 Å². The van der Waals surface area contributed by atoms with Crippen LogP contribution in [0.2, 0.25) is 0 Å². The standard InChI is InChI=1S/C20H19N5O/c26-20(18-5-1-2-8-23-18)25-11-3-4-16(13-25)19-17(12-22-14-24-19)15-6-9-21-10-7-15/h1-2,5-10,12,14,16H,3-4,11,13H2/t16-/m1/s1. The van der Waals surface area contributed by atoms with Gasteiger partial charge in [-0.25, -0.2) is 9.97 Å². The molecule has 26 heavy (non-hydrogen) atoms. The SMILES string of the molecule is O=C(c1ccccn1)N1CCC[C@@H](c2ncncc2-c2ccncc2)C1. The van der Waals surface area contributed by atoms with E-state index in [1.165, 1.54) is 0 Å². The highest BCUT2D eigenvalue weighted by Crippen LogP contribution is 2.32. The van der Waals surface area contributed by atoms with Gasteiger partial charge in [0, 0.05) is 49.4 Å². The fourth-order valence-corrected chi connectivity index (χ4v) is 3.45. The lowest BCUT2D eigenvalue weighted by Crippen LogP contribution is -2.39. The quantitative estimate of drug-likeness (QED) is 0.730. The Morgan fingerprint density at radius 3 is 2.73 bits per heavy atom. The van der Waals surface area contributed by atoms with Crippen LogP contribution in [0.4, 0.5) is 0 Å². The zero-order valence-electron chi connectivity index (χ0n) is 14.3. The Bertz CT molecular complexity index is 885. The number of hydrogen-bond acceptors (Lipinski definition) is 5. The highest BCUT2D eigenvalue weighted by molar-refractivity contribution is 5.92. The van der Waals surface area contributed by atoms with Crippen molar-refractivity contribution in [3.05, 3.63) is 72.8 Å².